The molecule has 4 rings (SSSR count). The van der Waals surface area contributed by atoms with Crippen LogP contribution in [-0.2, 0) is 0 Å². The molecule has 1 nitrogen and oxygen atoms in total. The molecule has 0 amide bonds. The van der Waals surface area contributed by atoms with E-state index in [-0.39, 0.29) is 11.5 Å². The maximum atomic E-state index is 10.6. The quantitative estimate of drug-likeness (QED) is 0.646. The van der Waals surface area contributed by atoms with Crippen LogP contribution in [0.3, 0.4) is 0 Å². The molecular formula is C21H35ClO. The molecule has 0 radical (unpaired) electrons. The van der Waals surface area contributed by atoms with Crippen molar-refractivity contribution in [2.24, 2.45) is 40.4 Å². The summed E-state index contributed by atoms with van der Waals surface area (Å²) in [6.45, 7) is 5.04. The van der Waals surface area contributed by atoms with Crippen LogP contribution in [0.4, 0.5) is 0 Å². The van der Waals surface area contributed by atoms with E-state index in [1.165, 1.54) is 57.8 Å². The predicted molar refractivity (Wildman–Crippen MR) is 96.6 cm³/mol. The molecule has 1 N–H and O–H groups in total. The Hall–Kier alpha value is 0.250. The lowest BCUT2D eigenvalue weighted by molar-refractivity contribution is -0.134. The van der Waals surface area contributed by atoms with Crippen molar-refractivity contribution in [1.82, 2.24) is 0 Å². The van der Waals surface area contributed by atoms with Crippen molar-refractivity contribution < 1.29 is 5.11 Å². The fourth-order valence-corrected chi connectivity index (χ4v) is 8.32. The van der Waals surface area contributed by atoms with Gasteiger partial charge in [0.25, 0.3) is 0 Å². The fraction of sp³-hybridized carbons (Fsp3) is 1.00. The Morgan fingerprint density at radius 2 is 1.61 bits per heavy atom. The summed E-state index contributed by atoms with van der Waals surface area (Å²) in [6, 6.07) is 0. The van der Waals surface area contributed by atoms with Crippen LogP contribution in [0.5, 0.6) is 0 Å². The normalized spacial score (nSPS) is 55.8. The van der Waals surface area contributed by atoms with Crippen LogP contribution >= 0.6 is 11.6 Å². The van der Waals surface area contributed by atoms with E-state index < -0.39 is 0 Å². The van der Waals surface area contributed by atoms with Gasteiger partial charge in [0.1, 0.15) is 0 Å². The Morgan fingerprint density at radius 1 is 0.870 bits per heavy atom. The SMILES string of the molecule is CC12CCC3C(CC[C@H]4C(CCCl)CCCC34C)C1CCC2O. The van der Waals surface area contributed by atoms with E-state index in [1.54, 1.807) is 0 Å². The van der Waals surface area contributed by atoms with Gasteiger partial charge < -0.3 is 5.11 Å². The number of fused-ring (bicyclic) bond motifs is 5. The number of rotatable bonds is 2. The lowest BCUT2D eigenvalue weighted by atomic mass is 9.43. The second kappa shape index (κ2) is 5.90. The minimum Gasteiger partial charge on any atom is -0.393 e. The summed E-state index contributed by atoms with van der Waals surface area (Å²) in [5, 5.41) is 10.6. The standard InChI is InChI=1S/C21H35ClO/c1-20-11-3-4-14(10-13-22)16(20)6-5-15-17-7-8-19(23)21(17,2)12-9-18(15)20/h14-19,23H,3-13H2,1-2H3/t14?,15?,16-,17?,18?,19?,20?,21?/m0/s1. The molecule has 4 saturated carbocycles. The van der Waals surface area contributed by atoms with Gasteiger partial charge in [-0.1, -0.05) is 26.7 Å². The van der Waals surface area contributed by atoms with Crippen molar-refractivity contribution in [2.45, 2.75) is 84.2 Å². The Morgan fingerprint density at radius 3 is 2.39 bits per heavy atom. The first kappa shape index (κ1) is 16.7. The molecular weight excluding hydrogens is 304 g/mol. The van der Waals surface area contributed by atoms with Gasteiger partial charge in [-0.05, 0) is 91.8 Å². The van der Waals surface area contributed by atoms with E-state index in [1.807, 2.05) is 0 Å². The largest absolute Gasteiger partial charge is 0.393 e. The third-order valence-corrected chi connectivity index (χ3v) is 9.45. The van der Waals surface area contributed by atoms with Crippen LogP contribution in [0.25, 0.3) is 0 Å². The van der Waals surface area contributed by atoms with Crippen LogP contribution in [0.1, 0.15) is 78.1 Å². The Balaban J connectivity index is 1.61. The van der Waals surface area contributed by atoms with Gasteiger partial charge in [-0.2, -0.15) is 0 Å². The van der Waals surface area contributed by atoms with E-state index in [2.05, 4.69) is 13.8 Å². The van der Waals surface area contributed by atoms with Crippen LogP contribution in [-0.4, -0.2) is 17.1 Å². The minimum absolute atomic E-state index is 0.0330. The molecule has 23 heavy (non-hydrogen) atoms. The molecule has 4 aliphatic carbocycles. The molecule has 4 aliphatic rings. The van der Waals surface area contributed by atoms with E-state index in [0.29, 0.717) is 5.41 Å². The van der Waals surface area contributed by atoms with Crippen molar-refractivity contribution in [3.8, 4) is 0 Å². The molecule has 0 bridgehead atoms. The van der Waals surface area contributed by atoms with Gasteiger partial charge >= 0.3 is 0 Å². The van der Waals surface area contributed by atoms with Crippen LogP contribution in [0.2, 0.25) is 0 Å². The van der Waals surface area contributed by atoms with Crippen molar-refractivity contribution in [1.29, 1.82) is 0 Å². The summed E-state index contributed by atoms with van der Waals surface area (Å²) in [6.07, 6.45) is 13.3. The summed E-state index contributed by atoms with van der Waals surface area (Å²) in [4.78, 5) is 0. The van der Waals surface area contributed by atoms with Crippen molar-refractivity contribution in [3.63, 3.8) is 0 Å². The summed E-state index contributed by atoms with van der Waals surface area (Å²) in [5.41, 5.74) is 0.793. The Labute approximate surface area is 147 Å². The molecule has 4 fully saturated rings. The number of halogens is 1. The highest BCUT2D eigenvalue weighted by molar-refractivity contribution is 6.17. The monoisotopic (exact) mass is 338 g/mol. The summed E-state index contributed by atoms with van der Waals surface area (Å²) in [7, 11) is 0. The smallest absolute Gasteiger partial charge is 0.0596 e. The molecule has 0 heterocycles. The highest BCUT2D eigenvalue weighted by Crippen LogP contribution is 2.67. The molecule has 0 aliphatic heterocycles. The second-order valence-electron chi connectivity index (χ2n) is 9.83. The van der Waals surface area contributed by atoms with Crippen molar-refractivity contribution >= 4 is 11.6 Å². The lowest BCUT2D eigenvalue weighted by Gasteiger charge is -2.61. The molecule has 132 valence electrons. The molecule has 0 aromatic carbocycles. The molecule has 7 unspecified atom stereocenters. The Kier molecular flexibility index (Phi) is 4.29. The Bertz CT molecular complexity index is 449. The van der Waals surface area contributed by atoms with Gasteiger partial charge in [0.05, 0.1) is 6.10 Å². The highest BCUT2D eigenvalue weighted by atomic mass is 35.5. The third-order valence-electron chi connectivity index (χ3n) is 9.23. The maximum absolute atomic E-state index is 10.6. The third kappa shape index (κ3) is 2.35. The average Bonchev–Trinajstić information content (AvgIpc) is 2.83. The second-order valence-corrected chi connectivity index (χ2v) is 10.2. The highest BCUT2D eigenvalue weighted by Gasteiger charge is 2.60. The zero-order chi connectivity index (χ0) is 16.2. The molecule has 2 heteroatoms. The number of hydrogen-bond acceptors (Lipinski definition) is 1. The van der Waals surface area contributed by atoms with Crippen molar-refractivity contribution in [2.75, 3.05) is 5.88 Å². The van der Waals surface area contributed by atoms with Crippen LogP contribution in [0.15, 0.2) is 0 Å². The minimum atomic E-state index is -0.0330. The topological polar surface area (TPSA) is 20.2 Å². The molecule has 0 spiro atoms. The van der Waals surface area contributed by atoms with Gasteiger partial charge in [-0.3, -0.25) is 0 Å². The van der Waals surface area contributed by atoms with Gasteiger partial charge in [0.15, 0.2) is 0 Å². The summed E-state index contributed by atoms with van der Waals surface area (Å²) < 4.78 is 0. The van der Waals surface area contributed by atoms with Gasteiger partial charge in [-0.25, -0.2) is 0 Å². The number of aliphatic hydroxyl groups is 1. The van der Waals surface area contributed by atoms with Gasteiger partial charge in [0, 0.05) is 5.88 Å². The number of hydrogen-bond donors (Lipinski definition) is 1. The number of alkyl halides is 1. The van der Waals surface area contributed by atoms with Crippen molar-refractivity contribution in [3.05, 3.63) is 0 Å². The van der Waals surface area contributed by atoms with Crippen LogP contribution in [0, 0.1) is 40.4 Å². The first-order valence-corrected chi connectivity index (χ1v) is 10.8. The zero-order valence-electron chi connectivity index (χ0n) is 15.1. The van der Waals surface area contributed by atoms with Crippen LogP contribution < -0.4 is 0 Å². The van der Waals surface area contributed by atoms with E-state index in [0.717, 1.165) is 41.9 Å². The molecule has 0 aromatic rings. The zero-order valence-corrected chi connectivity index (χ0v) is 15.8. The molecule has 8 atom stereocenters. The first-order chi connectivity index (χ1) is 11.0. The maximum Gasteiger partial charge on any atom is 0.0596 e. The summed E-state index contributed by atoms with van der Waals surface area (Å²) in [5.74, 6) is 5.26. The van der Waals surface area contributed by atoms with Gasteiger partial charge in [0.2, 0.25) is 0 Å². The molecule has 0 aromatic heterocycles. The van der Waals surface area contributed by atoms with E-state index in [9.17, 15) is 5.11 Å². The number of aliphatic hydroxyl groups excluding tert-OH is 1. The van der Waals surface area contributed by atoms with E-state index in [4.69, 9.17) is 11.6 Å². The van der Waals surface area contributed by atoms with Gasteiger partial charge in [-0.15, -0.1) is 11.6 Å². The van der Waals surface area contributed by atoms with E-state index >= 15 is 0 Å². The predicted octanol–water partition coefficient (Wildman–Crippen LogP) is 5.64. The molecule has 0 saturated heterocycles. The fourth-order valence-electron chi connectivity index (χ4n) is 8.03. The lowest BCUT2D eigenvalue weighted by Crippen LogP contribution is -2.55. The first-order valence-electron chi connectivity index (χ1n) is 10.2. The average molecular weight is 339 g/mol. The summed E-state index contributed by atoms with van der Waals surface area (Å²) >= 11 is 6.13.